The molecule has 4 nitrogen and oxygen atoms in total. The van der Waals surface area contributed by atoms with E-state index >= 15 is 0 Å². The van der Waals surface area contributed by atoms with Gasteiger partial charge in [-0.3, -0.25) is 0 Å². The summed E-state index contributed by atoms with van der Waals surface area (Å²) in [5.74, 6) is 0.709. The molecule has 0 spiro atoms. The Kier molecular flexibility index (Phi) is 4.29. The highest BCUT2D eigenvalue weighted by Crippen LogP contribution is 2.20. The molecular formula is C10H16ClN3O. The lowest BCUT2D eigenvalue weighted by molar-refractivity contribution is 0.220. The third-order valence-electron chi connectivity index (χ3n) is 2.16. The van der Waals surface area contributed by atoms with Crippen molar-refractivity contribution in [1.82, 2.24) is 9.97 Å². The maximum Gasteiger partial charge on any atom is 0.224 e. The van der Waals surface area contributed by atoms with Crippen molar-refractivity contribution in [3.63, 3.8) is 0 Å². The number of hydrogen-bond donors (Lipinski definition) is 2. The average Bonchev–Trinajstić information content (AvgIpc) is 2.15. The number of aliphatic hydroxyl groups excluding tert-OH is 1. The van der Waals surface area contributed by atoms with Crippen LogP contribution in [0.4, 0.5) is 5.82 Å². The van der Waals surface area contributed by atoms with Crippen LogP contribution in [0.3, 0.4) is 0 Å². The molecule has 0 fully saturated rings. The molecule has 0 atom stereocenters. The summed E-state index contributed by atoms with van der Waals surface area (Å²) in [5, 5.41) is 12.3. The molecule has 0 amide bonds. The summed E-state index contributed by atoms with van der Waals surface area (Å²) in [5.41, 5.74) is 0.0339. The van der Waals surface area contributed by atoms with E-state index in [1.54, 1.807) is 12.3 Å². The second-order valence-corrected chi connectivity index (χ2v) is 4.54. The van der Waals surface area contributed by atoms with Crippen LogP contribution in [0, 0.1) is 5.41 Å². The van der Waals surface area contributed by atoms with E-state index < -0.39 is 0 Å². The van der Waals surface area contributed by atoms with Gasteiger partial charge in [0.1, 0.15) is 5.82 Å². The van der Waals surface area contributed by atoms with Gasteiger partial charge in [0.15, 0.2) is 0 Å². The number of rotatable bonds is 5. The van der Waals surface area contributed by atoms with E-state index in [4.69, 9.17) is 16.7 Å². The number of aliphatic hydroxyl groups is 1. The van der Waals surface area contributed by atoms with Crippen molar-refractivity contribution in [2.45, 2.75) is 20.3 Å². The zero-order valence-electron chi connectivity index (χ0n) is 9.00. The summed E-state index contributed by atoms with van der Waals surface area (Å²) in [6.45, 7) is 5.10. The molecule has 1 aromatic rings. The Morgan fingerprint density at radius 3 is 2.87 bits per heavy atom. The predicted octanol–water partition coefficient (Wildman–Crippen LogP) is 1.95. The maximum absolute atomic E-state index is 8.87. The third-order valence-corrected chi connectivity index (χ3v) is 2.34. The molecule has 0 saturated carbocycles. The molecule has 1 aromatic heterocycles. The van der Waals surface area contributed by atoms with Crippen LogP contribution in [0.15, 0.2) is 12.3 Å². The normalized spacial score (nSPS) is 11.5. The Morgan fingerprint density at radius 2 is 2.27 bits per heavy atom. The minimum absolute atomic E-state index is 0.0339. The van der Waals surface area contributed by atoms with Gasteiger partial charge >= 0.3 is 0 Å². The highest BCUT2D eigenvalue weighted by molar-refractivity contribution is 6.28. The number of hydrogen-bond acceptors (Lipinski definition) is 4. The molecule has 0 saturated heterocycles. The maximum atomic E-state index is 8.87. The summed E-state index contributed by atoms with van der Waals surface area (Å²) in [6, 6.07) is 1.76. The lowest BCUT2D eigenvalue weighted by Crippen LogP contribution is -2.24. The van der Waals surface area contributed by atoms with Gasteiger partial charge in [-0.15, -0.1) is 0 Å². The first-order chi connectivity index (χ1) is 7.03. The molecule has 0 bridgehead atoms. The second-order valence-electron chi connectivity index (χ2n) is 4.20. The van der Waals surface area contributed by atoms with E-state index in [0.29, 0.717) is 5.82 Å². The van der Waals surface area contributed by atoms with Crippen LogP contribution in [0.1, 0.15) is 20.3 Å². The SMILES string of the molecule is CC(C)(CCO)CNc1ccnc(Cl)n1. The van der Waals surface area contributed by atoms with Crippen molar-refractivity contribution in [2.24, 2.45) is 5.41 Å². The second kappa shape index (κ2) is 5.28. The highest BCUT2D eigenvalue weighted by atomic mass is 35.5. The van der Waals surface area contributed by atoms with Crippen LogP contribution in [-0.2, 0) is 0 Å². The Hall–Kier alpha value is -0.870. The average molecular weight is 230 g/mol. The molecule has 0 radical (unpaired) electrons. The van der Waals surface area contributed by atoms with Crippen molar-refractivity contribution in [3.8, 4) is 0 Å². The van der Waals surface area contributed by atoms with Gasteiger partial charge < -0.3 is 10.4 Å². The van der Waals surface area contributed by atoms with Crippen molar-refractivity contribution < 1.29 is 5.11 Å². The molecule has 84 valence electrons. The van der Waals surface area contributed by atoms with Crippen LogP contribution >= 0.6 is 11.6 Å². The fourth-order valence-corrected chi connectivity index (χ4v) is 1.30. The van der Waals surface area contributed by atoms with Gasteiger partial charge in [-0.1, -0.05) is 13.8 Å². The molecule has 2 N–H and O–H groups in total. The first-order valence-corrected chi connectivity index (χ1v) is 5.24. The van der Waals surface area contributed by atoms with Crippen LogP contribution in [-0.4, -0.2) is 28.2 Å². The van der Waals surface area contributed by atoms with E-state index in [-0.39, 0.29) is 17.3 Å². The van der Waals surface area contributed by atoms with Gasteiger partial charge in [0.2, 0.25) is 5.28 Å². The molecule has 0 unspecified atom stereocenters. The lowest BCUT2D eigenvalue weighted by Gasteiger charge is -2.24. The number of nitrogens with one attached hydrogen (secondary N) is 1. The Balaban J connectivity index is 2.49. The zero-order valence-corrected chi connectivity index (χ0v) is 9.75. The van der Waals surface area contributed by atoms with Crippen LogP contribution in [0.25, 0.3) is 0 Å². The largest absolute Gasteiger partial charge is 0.396 e. The van der Waals surface area contributed by atoms with Gasteiger partial charge in [0.05, 0.1) is 0 Å². The van der Waals surface area contributed by atoms with E-state index in [1.807, 2.05) is 0 Å². The summed E-state index contributed by atoms with van der Waals surface area (Å²) >= 11 is 5.65. The fraction of sp³-hybridized carbons (Fsp3) is 0.600. The van der Waals surface area contributed by atoms with Gasteiger partial charge in [0, 0.05) is 19.3 Å². The lowest BCUT2D eigenvalue weighted by atomic mass is 9.90. The standard InChI is InChI=1S/C10H16ClN3O/c1-10(2,4-6-15)7-13-8-3-5-12-9(11)14-8/h3,5,15H,4,6-7H2,1-2H3,(H,12,13,14). The van der Waals surface area contributed by atoms with Crippen LogP contribution in [0.2, 0.25) is 5.28 Å². The summed E-state index contributed by atoms with van der Waals surface area (Å²) in [4.78, 5) is 7.81. The molecule has 0 aliphatic rings. The highest BCUT2D eigenvalue weighted by Gasteiger charge is 2.16. The molecule has 15 heavy (non-hydrogen) atoms. The number of nitrogens with zero attached hydrogens (tertiary/aromatic N) is 2. The first kappa shape index (κ1) is 12.2. The van der Waals surface area contributed by atoms with Crippen LogP contribution in [0.5, 0.6) is 0 Å². The van der Waals surface area contributed by atoms with E-state index in [2.05, 4.69) is 29.1 Å². The van der Waals surface area contributed by atoms with Crippen molar-refractivity contribution in [1.29, 1.82) is 0 Å². The predicted molar refractivity (Wildman–Crippen MR) is 61.0 cm³/mol. The van der Waals surface area contributed by atoms with Crippen LogP contribution < -0.4 is 5.32 Å². The molecule has 0 aromatic carbocycles. The van der Waals surface area contributed by atoms with E-state index in [9.17, 15) is 0 Å². The first-order valence-electron chi connectivity index (χ1n) is 4.87. The zero-order chi connectivity index (χ0) is 11.3. The summed E-state index contributed by atoms with van der Waals surface area (Å²) < 4.78 is 0. The summed E-state index contributed by atoms with van der Waals surface area (Å²) in [6.07, 6.45) is 2.36. The van der Waals surface area contributed by atoms with Crippen molar-refractivity contribution >= 4 is 17.4 Å². The van der Waals surface area contributed by atoms with Gasteiger partial charge in [-0.2, -0.15) is 0 Å². The molecular weight excluding hydrogens is 214 g/mol. The molecule has 1 heterocycles. The van der Waals surface area contributed by atoms with Crippen molar-refractivity contribution in [3.05, 3.63) is 17.5 Å². The topological polar surface area (TPSA) is 58.0 Å². The number of aromatic nitrogens is 2. The Morgan fingerprint density at radius 1 is 1.53 bits per heavy atom. The fourth-order valence-electron chi connectivity index (χ4n) is 1.15. The molecule has 5 heteroatoms. The third kappa shape index (κ3) is 4.44. The molecule has 0 aliphatic carbocycles. The van der Waals surface area contributed by atoms with Gasteiger partial charge in [-0.25, -0.2) is 9.97 Å². The van der Waals surface area contributed by atoms with Gasteiger partial charge in [-0.05, 0) is 29.5 Å². The van der Waals surface area contributed by atoms with E-state index in [0.717, 1.165) is 13.0 Å². The number of halogens is 1. The monoisotopic (exact) mass is 229 g/mol. The summed E-state index contributed by atoms with van der Waals surface area (Å²) in [7, 11) is 0. The van der Waals surface area contributed by atoms with Gasteiger partial charge in [0.25, 0.3) is 0 Å². The smallest absolute Gasteiger partial charge is 0.224 e. The van der Waals surface area contributed by atoms with Crippen molar-refractivity contribution in [2.75, 3.05) is 18.5 Å². The Bertz CT molecular complexity index is 317. The minimum Gasteiger partial charge on any atom is -0.396 e. The quantitative estimate of drug-likeness (QED) is 0.758. The molecule has 1 rings (SSSR count). The number of anilines is 1. The minimum atomic E-state index is 0.0339. The van der Waals surface area contributed by atoms with E-state index in [1.165, 1.54) is 0 Å². The molecule has 0 aliphatic heterocycles. The Labute approximate surface area is 94.7 Å².